The molecule has 1 spiro atoms. The minimum atomic E-state index is -0.746. The van der Waals surface area contributed by atoms with Gasteiger partial charge in [-0.05, 0) is 25.0 Å². The van der Waals surface area contributed by atoms with E-state index in [1.165, 1.54) is 11.0 Å². The van der Waals surface area contributed by atoms with E-state index in [2.05, 4.69) is 5.32 Å². The van der Waals surface area contributed by atoms with Crippen LogP contribution in [0.2, 0.25) is 0 Å². The van der Waals surface area contributed by atoms with Gasteiger partial charge >= 0.3 is 6.03 Å². The highest BCUT2D eigenvalue weighted by atomic mass is 19.1. The molecule has 1 aliphatic carbocycles. The molecule has 0 unspecified atom stereocenters. The van der Waals surface area contributed by atoms with Crippen LogP contribution in [0.25, 0.3) is 0 Å². The van der Waals surface area contributed by atoms with Gasteiger partial charge < -0.3 is 15.1 Å². The average molecular weight is 402 g/mol. The lowest BCUT2D eigenvalue weighted by atomic mass is 9.82. The van der Waals surface area contributed by atoms with Crippen LogP contribution in [0.15, 0.2) is 24.3 Å². The summed E-state index contributed by atoms with van der Waals surface area (Å²) in [7, 11) is 0. The molecule has 2 aliphatic heterocycles. The highest BCUT2D eigenvalue weighted by molar-refractivity contribution is 6.07. The number of benzene rings is 1. The lowest BCUT2D eigenvalue weighted by Crippen LogP contribution is -2.50. The maximum atomic E-state index is 14.0. The fraction of sp³-hybridized carbons (Fsp3) is 0.571. The number of amides is 4. The summed E-state index contributed by atoms with van der Waals surface area (Å²) in [4.78, 5) is 42.6. The second-order valence-electron chi connectivity index (χ2n) is 8.10. The number of hydrogen-bond acceptors (Lipinski definition) is 4. The van der Waals surface area contributed by atoms with Gasteiger partial charge in [-0.1, -0.05) is 31.4 Å². The van der Waals surface area contributed by atoms with E-state index in [0.717, 1.165) is 19.3 Å². The second kappa shape index (κ2) is 8.00. The summed E-state index contributed by atoms with van der Waals surface area (Å²) in [5, 5.41) is 2.87. The molecule has 0 atom stereocenters. The first-order valence-corrected chi connectivity index (χ1v) is 10.4. The minimum Gasteiger partial charge on any atom is -0.366 e. The van der Waals surface area contributed by atoms with Gasteiger partial charge in [0.1, 0.15) is 11.4 Å². The zero-order chi connectivity index (χ0) is 20.4. The summed E-state index contributed by atoms with van der Waals surface area (Å²) in [5.74, 6) is -0.523. The van der Waals surface area contributed by atoms with Gasteiger partial charge in [-0.2, -0.15) is 0 Å². The summed E-state index contributed by atoms with van der Waals surface area (Å²) in [6.07, 6.45) is 4.44. The Morgan fingerprint density at radius 3 is 2.41 bits per heavy atom. The van der Waals surface area contributed by atoms with Crippen molar-refractivity contribution in [2.24, 2.45) is 0 Å². The van der Waals surface area contributed by atoms with Crippen LogP contribution in [-0.2, 0) is 9.59 Å². The molecule has 8 heteroatoms. The topological polar surface area (TPSA) is 73.0 Å². The first-order chi connectivity index (χ1) is 14.0. The van der Waals surface area contributed by atoms with Crippen molar-refractivity contribution in [3.63, 3.8) is 0 Å². The predicted octanol–water partition coefficient (Wildman–Crippen LogP) is 2.12. The molecule has 29 heavy (non-hydrogen) atoms. The van der Waals surface area contributed by atoms with Crippen molar-refractivity contribution < 1.29 is 18.8 Å². The zero-order valence-electron chi connectivity index (χ0n) is 16.5. The van der Waals surface area contributed by atoms with Gasteiger partial charge in [-0.25, -0.2) is 9.18 Å². The number of anilines is 1. The molecule has 0 radical (unpaired) electrons. The van der Waals surface area contributed by atoms with E-state index in [4.69, 9.17) is 0 Å². The largest absolute Gasteiger partial charge is 0.366 e. The molecule has 4 rings (SSSR count). The molecule has 2 heterocycles. The molecule has 3 aliphatic rings. The fourth-order valence-electron chi connectivity index (χ4n) is 4.64. The minimum absolute atomic E-state index is 0.0802. The first kappa shape index (κ1) is 19.7. The second-order valence-corrected chi connectivity index (χ2v) is 8.10. The smallest absolute Gasteiger partial charge is 0.325 e. The van der Waals surface area contributed by atoms with Crippen LogP contribution in [0.1, 0.15) is 38.5 Å². The molecule has 4 amide bonds. The van der Waals surface area contributed by atoms with E-state index in [0.29, 0.717) is 44.7 Å². The molecule has 156 valence electrons. The molecule has 3 fully saturated rings. The number of urea groups is 1. The molecule has 7 nitrogen and oxygen atoms in total. The Labute approximate surface area is 169 Å². The van der Waals surface area contributed by atoms with Gasteiger partial charge in [0, 0.05) is 39.1 Å². The predicted molar refractivity (Wildman–Crippen MR) is 106 cm³/mol. The van der Waals surface area contributed by atoms with E-state index < -0.39 is 5.54 Å². The maximum absolute atomic E-state index is 14.0. The molecule has 0 aromatic heterocycles. The van der Waals surface area contributed by atoms with Crippen LogP contribution < -0.4 is 10.2 Å². The van der Waals surface area contributed by atoms with E-state index in [-0.39, 0.29) is 36.6 Å². The van der Waals surface area contributed by atoms with Crippen LogP contribution >= 0.6 is 0 Å². The van der Waals surface area contributed by atoms with Gasteiger partial charge in [-0.15, -0.1) is 0 Å². The molecular formula is C21H27FN4O3. The number of para-hydroxylation sites is 1. The summed E-state index contributed by atoms with van der Waals surface area (Å²) < 4.78 is 14.0. The summed E-state index contributed by atoms with van der Waals surface area (Å²) in [5.41, 5.74) is -0.194. The number of halogens is 1. The molecule has 1 saturated carbocycles. The van der Waals surface area contributed by atoms with E-state index in [1.54, 1.807) is 23.1 Å². The number of imide groups is 1. The number of hydrogen-bond donors (Lipinski definition) is 1. The third-order valence-corrected chi connectivity index (χ3v) is 6.33. The van der Waals surface area contributed by atoms with Crippen LogP contribution in [-0.4, -0.2) is 65.9 Å². The van der Waals surface area contributed by atoms with Gasteiger partial charge in [0.25, 0.3) is 5.91 Å². The van der Waals surface area contributed by atoms with Crippen molar-refractivity contribution in [3.05, 3.63) is 30.1 Å². The lowest BCUT2D eigenvalue weighted by molar-refractivity contribution is -0.134. The molecule has 0 bridgehead atoms. The molecule has 1 aromatic carbocycles. The zero-order valence-corrected chi connectivity index (χ0v) is 16.5. The highest BCUT2D eigenvalue weighted by Gasteiger charge is 2.51. The summed E-state index contributed by atoms with van der Waals surface area (Å²) >= 11 is 0. The number of nitrogens with one attached hydrogen (secondary N) is 1. The van der Waals surface area contributed by atoms with E-state index in [9.17, 15) is 18.8 Å². The number of carbonyl (C=O) groups is 3. The Morgan fingerprint density at radius 1 is 1.03 bits per heavy atom. The Bertz CT molecular complexity index is 801. The Hall–Kier alpha value is -2.64. The van der Waals surface area contributed by atoms with E-state index in [1.807, 2.05) is 4.90 Å². The number of carbonyl (C=O) groups excluding carboxylic acids is 3. The molecule has 2 saturated heterocycles. The van der Waals surface area contributed by atoms with Gasteiger partial charge in [0.15, 0.2) is 0 Å². The van der Waals surface area contributed by atoms with Gasteiger partial charge in [-0.3, -0.25) is 14.5 Å². The molecule has 1 aromatic rings. The standard InChI is InChI=1S/C21H27FN4O3/c22-16-6-2-3-7-17(16)24-12-14-25(15-13-24)18(27)8-11-26-19(28)21(23-20(26)29)9-4-1-5-10-21/h2-3,6-7H,1,4-5,8-15H2,(H,23,29). The Kier molecular flexibility index (Phi) is 5.43. The third kappa shape index (κ3) is 3.80. The number of piperazine rings is 1. The van der Waals surface area contributed by atoms with Crippen molar-refractivity contribution >= 4 is 23.5 Å². The lowest BCUT2D eigenvalue weighted by Gasteiger charge is -2.36. The van der Waals surface area contributed by atoms with Crippen molar-refractivity contribution in [3.8, 4) is 0 Å². The number of rotatable bonds is 4. The molecular weight excluding hydrogens is 375 g/mol. The first-order valence-electron chi connectivity index (χ1n) is 10.4. The summed E-state index contributed by atoms with van der Waals surface area (Å²) in [6, 6.07) is 6.25. The maximum Gasteiger partial charge on any atom is 0.325 e. The van der Waals surface area contributed by atoms with Crippen LogP contribution in [0.5, 0.6) is 0 Å². The Morgan fingerprint density at radius 2 is 1.72 bits per heavy atom. The van der Waals surface area contributed by atoms with Crippen molar-refractivity contribution in [1.29, 1.82) is 0 Å². The summed E-state index contributed by atoms with van der Waals surface area (Å²) in [6.45, 7) is 2.21. The van der Waals surface area contributed by atoms with Crippen LogP contribution in [0.4, 0.5) is 14.9 Å². The van der Waals surface area contributed by atoms with E-state index >= 15 is 0 Å². The SMILES string of the molecule is O=C(CCN1C(=O)NC2(CCCCC2)C1=O)N1CCN(c2ccccc2F)CC1. The normalized spacial score (nSPS) is 21.6. The van der Waals surface area contributed by atoms with Crippen molar-refractivity contribution in [1.82, 2.24) is 15.1 Å². The van der Waals surface area contributed by atoms with Crippen LogP contribution in [0, 0.1) is 5.82 Å². The highest BCUT2D eigenvalue weighted by Crippen LogP contribution is 2.33. The molecule has 1 N–H and O–H groups in total. The monoisotopic (exact) mass is 402 g/mol. The van der Waals surface area contributed by atoms with Gasteiger partial charge in [0.05, 0.1) is 5.69 Å². The van der Waals surface area contributed by atoms with Crippen molar-refractivity contribution in [2.75, 3.05) is 37.6 Å². The quantitative estimate of drug-likeness (QED) is 0.783. The van der Waals surface area contributed by atoms with Gasteiger partial charge in [0.2, 0.25) is 5.91 Å². The van der Waals surface area contributed by atoms with Crippen LogP contribution in [0.3, 0.4) is 0 Å². The fourth-order valence-corrected chi connectivity index (χ4v) is 4.64. The third-order valence-electron chi connectivity index (χ3n) is 6.33. The van der Waals surface area contributed by atoms with Crippen molar-refractivity contribution in [2.45, 2.75) is 44.1 Å². The Balaban J connectivity index is 1.29. The average Bonchev–Trinajstić information content (AvgIpc) is 2.96. The number of nitrogens with zero attached hydrogens (tertiary/aromatic N) is 3.